The molecule has 0 heterocycles. The van der Waals surface area contributed by atoms with Crippen LogP contribution in [0.3, 0.4) is 0 Å². The smallest absolute Gasteiger partial charge is 0.0544 e. The van der Waals surface area contributed by atoms with Crippen LogP contribution in [-0.2, 0) is 4.74 Å². The highest BCUT2D eigenvalue weighted by Gasteiger charge is 2.31. The minimum atomic E-state index is -0.101. The van der Waals surface area contributed by atoms with Crippen LogP contribution in [0.2, 0.25) is 0 Å². The summed E-state index contributed by atoms with van der Waals surface area (Å²) in [6.07, 6.45) is 8.47. The third-order valence-electron chi connectivity index (χ3n) is 5.11. The predicted octanol–water partition coefficient (Wildman–Crippen LogP) is 4.16. The molecule has 0 rings (SSSR count). The van der Waals surface area contributed by atoms with E-state index in [-0.39, 0.29) is 24.0 Å². The molecule has 0 aliphatic carbocycles. The van der Waals surface area contributed by atoms with E-state index >= 15 is 0 Å². The Labute approximate surface area is 132 Å². The lowest BCUT2D eigenvalue weighted by atomic mass is 9.80. The zero-order chi connectivity index (χ0) is 16.2. The fourth-order valence-electron chi connectivity index (χ4n) is 2.76. The van der Waals surface area contributed by atoms with E-state index in [0.717, 1.165) is 51.4 Å². The average molecular weight is 302 g/mol. The van der Waals surface area contributed by atoms with Crippen LogP contribution in [0.4, 0.5) is 0 Å². The number of rotatable bonds is 14. The van der Waals surface area contributed by atoms with Gasteiger partial charge in [0.1, 0.15) is 0 Å². The molecule has 0 radical (unpaired) electrons. The van der Waals surface area contributed by atoms with Crippen LogP contribution in [0.5, 0.6) is 0 Å². The van der Waals surface area contributed by atoms with E-state index in [0.29, 0.717) is 13.2 Å². The van der Waals surface area contributed by atoms with E-state index in [1.165, 1.54) is 0 Å². The van der Waals surface area contributed by atoms with Crippen molar-refractivity contribution in [2.75, 3.05) is 26.4 Å². The maximum Gasteiger partial charge on any atom is 0.0544 e. The van der Waals surface area contributed by atoms with E-state index in [1.807, 2.05) is 0 Å². The first-order chi connectivity index (χ1) is 10.1. The fraction of sp³-hybridized carbons (Fsp3) is 1.00. The Bertz CT molecular complexity index is 209. The highest BCUT2D eigenvalue weighted by atomic mass is 16.5. The van der Waals surface area contributed by atoms with Crippen molar-refractivity contribution in [2.45, 2.75) is 79.1 Å². The van der Waals surface area contributed by atoms with Crippen molar-refractivity contribution in [3.8, 4) is 0 Å². The van der Waals surface area contributed by atoms with Crippen molar-refractivity contribution in [1.29, 1.82) is 0 Å². The minimum Gasteiger partial charge on any atom is -0.396 e. The van der Waals surface area contributed by atoms with E-state index in [4.69, 9.17) is 4.74 Å². The molecule has 3 heteroatoms. The molecule has 2 N–H and O–H groups in total. The summed E-state index contributed by atoms with van der Waals surface area (Å²) in [5.74, 6) is 0. The van der Waals surface area contributed by atoms with Crippen molar-refractivity contribution in [2.24, 2.45) is 10.8 Å². The van der Waals surface area contributed by atoms with Crippen LogP contribution in [0.25, 0.3) is 0 Å². The molecule has 0 fully saturated rings. The van der Waals surface area contributed by atoms with Crippen LogP contribution in [0, 0.1) is 10.8 Å². The standard InChI is InChI=1S/C18H38O3/c1-5-9-11-17(7-3,13-19)15-21-16-18(8-4,14-20)12-10-6-2/h19-20H,5-16H2,1-4H3. The highest BCUT2D eigenvalue weighted by Crippen LogP contribution is 2.32. The normalized spacial score (nSPS) is 17.4. The summed E-state index contributed by atoms with van der Waals surface area (Å²) in [7, 11) is 0. The van der Waals surface area contributed by atoms with Crippen LogP contribution < -0.4 is 0 Å². The van der Waals surface area contributed by atoms with Gasteiger partial charge in [0.2, 0.25) is 0 Å². The zero-order valence-corrected chi connectivity index (χ0v) is 14.8. The second kappa shape index (κ2) is 11.4. The Balaban J connectivity index is 4.49. The van der Waals surface area contributed by atoms with Crippen LogP contribution >= 0.6 is 0 Å². The summed E-state index contributed by atoms with van der Waals surface area (Å²) in [6, 6.07) is 0. The molecule has 128 valence electrons. The van der Waals surface area contributed by atoms with Gasteiger partial charge in [0.05, 0.1) is 26.4 Å². The van der Waals surface area contributed by atoms with Gasteiger partial charge < -0.3 is 14.9 Å². The van der Waals surface area contributed by atoms with Gasteiger partial charge in [-0.2, -0.15) is 0 Å². The van der Waals surface area contributed by atoms with Gasteiger partial charge in [-0.05, 0) is 25.7 Å². The first kappa shape index (κ1) is 20.9. The van der Waals surface area contributed by atoms with Gasteiger partial charge in [0, 0.05) is 10.8 Å². The maximum absolute atomic E-state index is 9.76. The SMILES string of the molecule is CCCCC(CC)(CO)COCC(CC)(CO)CCCC. The number of ether oxygens (including phenoxy) is 1. The van der Waals surface area contributed by atoms with Crippen molar-refractivity contribution in [3.63, 3.8) is 0 Å². The number of aliphatic hydroxyl groups is 2. The second-order valence-corrected chi connectivity index (χ2v) is 6.72. The number of hydrogen-bond acceptors (Lipinski definition) is 3. The molecule has 0 saturated heterocycles. The van der Waals surface area contributed by atoms with Crippen molar-refractivity contribution < 1.29 is 14.9 Å². The summed E-state index contributed by atoms with van der Waals surface area (Å²) in [6.45, 7) is 10.2. The Morgan fingerprint density at radius 1 is 0.714 bits per heavy atom. The number of unbranched alkanes of at least 4 members (excludes halogenated alkanes) is 2. The molecule has 0 bridgehead atoms. The molecular formula is C18H38O3. The molecule has 0 aliphatic rings. The third kappa shape index (κ3) is 7.12. The van der Waals surface area contributed by atoms with Gasteiger partial charge in [0.15, 0.2) is 0 Å². The first-order valence-electron chi connectivity index (χ1n) is 8.87. The number of hydrogen-bond donors (Lipinski definition) is 2. The van der Waals surface area contributed by atoms with E-state index in [2.05, 4.69) is 27.7 Å². The molecule has 3 nitrogen and oxygen atoms in total. The monoisotopic (exact) mass is 302 g/mol. The van der Waals surface area contributed by atoms with Gasteiger partial charge >= 0.3 is 0 Å². The lowest BCUT2D eigenvalue weighted by molar-refractivity contribution is -0.0543. The molecule has 2 atom stereocenters. The molecular weight excluding hydrogens is 264 g/mol. The van der Waals surface area contributed by atoms with Crippen LogP contribution in [0.1, 0.15) is 79.1 Å². The van der Waals surface area contributed by atoms with Crippen LogP contribution in [-0.4, -0.2) is 36.6 Å². The lowest BCUT2D eigenvalue weighted by Gasteiger charge is -2.35. The molecule has 0 spiro atoms. The Morgan fingerprint density at radius 3 is 1.33 bits per heavy atom. The fourth-order valence-corrected chi connectivity index (χ4v) is 2.76. The van der Waals surface area contributed by atoms with Gasteiger partial charge in [0.25, 0.3) is 0 Å². The van der Waals surface area contributed by atoms with Gasteiger partial charge in [-0.3, -0.25) is 0 Å². The topological polar surface area (TPSA) is 49.7 Å². The van der Waals surface area contributed by atoms with Crippen LogP contribution in [0.15, 0.2) is 0 Å². The first-order valence-corrected chi connectivity index (χ1v) is 8.87. The maximum atomic E-state index is 9.76. The molecule has 0 amide bonds. The lowest BCUT2D eigenvalue weighted by Crippen LogP contribution is -2.35. The summed E-state index contributed by atoms with van der Waals surface area (Å²) in [5, 5.41) is 19.5. The number of aliphatic hydroxyl groups excluding tert-OH is 2. The van der Waals surface area contributed by atoms with Crippen molar-refractivity contribution in [3.05, 3.63) is 0 Å². The molecule has 0 aromatic carbocycles. The van der Waals surface area contributed by atoms with E-state index in [1.54, 1.807) is 0 Å². The van der Waals surface area contributed by atoms with Crippen molar-refractivity contribution >= 4 is 0 Å². The Hall–Kier alpha value is -0.120. The average Bonchev–Trinajstić information content (AvgIpc) is 2.54. The third-order valence-corrected chi connectivity index (χ3v) is 5.11. The predicted molar refractivity (Wildman–Crippen MR) is 89.5 cm³/mol. The molecule has 0 saturated carbocycles. The molecule has 0 aromatic heterocycles. The van der Waals surface area contributed by atoms with E-state index < -0.39 is 0 Å². The van der Waals surface area contributed by atoms with E-state index in [9.17, 15) is 10.2 Å². The van der Waals surface area contributed by atoms with Gasteiger partial charge in [-0.25, -0.2) is 0 Å². The largest absolute Gasteiger partial charge is 0.396 e. The van der Waals surface area contributed by atoms with Crippen molar-refractivity contribution in [1.82, 2.24) is 0 Å². The molecule has 2 unspecified atom stereocenters. The Kier molecular flexibility index (Phi) is 11.4. The molecule has 21 heavy (non-hydrogen) atoms. The van der Waals surface area contributed by atoms with Gasteiger partial charge in [-0.15, -0.1) is 0 Å². The zero-order valence-electron chi connectivity index (χ0n) is 14.8. The second-order valence-electron chi connectivity index (χ2n) is 6.72. The Morgan fingerprint density at radius 2 is 1.10 bits per heavy atom. The summed E-state index contributed by atoms with van der Waals surface area (Å²) in [5.41, 5.74) is -0.203. The summed E-state index contributed by atoms with van der Waals surface area (Å²) >= 11 is 0. The quantitative estimate of drug-likeness (QED) is 0.506. The molecule has 0 aromatic rings. The molecule has 0 aliphatic heterocycles. The summed E-state index contributed by atoms with van der Waals surface area (Å²) < 4.78 is 6.00. The minimum absolute atomic E-state index is 0.101. The highest BCUT2D eigenvalue weighted by molar-refractivity contribution is 4.80. The summed E-state index contributed by atoms with van der Waals surface area (Å²) in [4.78, 5) is 0. The van der Waals surface area contributed by atoms with Gasteiger partial charge in [-0.1, -0.05) is 53.4 Å².